The number of hydrogen-bond acceptors (Lipinski definition) is 3. The van der Waals surface area contributed by atoms with Crippen LogP contribution in [0.3, 0.4) is 0 Å². The van der Waals surface area contributed by atoms with Crippen molar-refractivity contribution in [1.82, 2.24) is 4.98 Å². The van der Waals surface area contributed by atoms with Crippen molar-refractivity contribution in [1.29, 1.82) is 0 Å². The van der Waals surface area contributed by atoms with Crippen molar-refractivity contribution in [2.75, 3.05) is 0 Å². The third-order valence-corrected chi connectivity index (χ3v) is 2.21. The molecule has 3 nitrogen and oxygen atoms in total. The fourth-order valence-corrected chi connectivity index (χ4v) is 1.79. The van der Waals surface area contributed by atoms with Gasteiger partial charge in [0, 0.05) is 0 Å². The van der Waals surface area contributed by atoms with Crippen LogP contribution in [0.15, 0.2) is 6.07 Å². The van der Waals surface area contributed by atoms with E-state index in [2.05, 4.69) is 4.98 Å². The van der Waals surface area contributed by atoms with E-state index < -0.39 is 5.97 Å². The number of carbonyl (C=O) groups is 1. The molecule has 0 saturated carbocycles. The molecule has 0 spiro atoms. The molecule has 0 bridgehead atoms. The summed E-state index contributed by atoms with van der Waals surface area (Å²) in [5.74, 6) is -0.607. The molecule has 0 fully saturated rings. The molecule has 0 saturated heterocycles. The topological polar surface area (TPSA) is 39.2 Å². The summed E-state index contributed by atoms with van der Waals surface area (Å²) in [4.78, 5) is 15.2. The molecule has 82 valence electrons. The van der Waals surface area contributed by atoms with E-state index in [4.69, 9.17) is 39.5 Å². The van der Waals surface area contributed by atoms with Crippen LogP contribution in [0.2, 0.25) is 15.3 Å². The van der Waals surface area contributed by atoms with Gasteiger partial charge >= 0.3 is 5.97 Å². The molecule has 0 aromatic carbocycles. The summed E-state index contributed by atoms with van der Waals surface area (Å²) in [5.41, 5.74) is 0.0384. The number of ether oxygens (including phenoxy) is 1. The van der Waals surface area contributed by atoms with Gasteiger partial charge in [-0.15, -0.1) is 0 Å². The Morgan fingerprint density at radius 1 is 1.40 bits per heavy atom. The number of carbonyl (C=O) groups excluding carboxylic acids is 1. The number of nitrogens with zero attached hydrogens (tertiary/aromatic N) is 1. The summed E-state index contributed by atoms with van der Waals surface area (Å²) in [6, 6.07) is 1.34. The number of esters is 1. The summed E-state index contributed by atoms with van der Waals surface area (Å²) in [5, 5.41) is 0.204. The Kier molecular flexibility index (Phi) is 4.20. The monoisotopic (exact) mass is 267 g/mol. The Morgan fingerprint density at radius 3 is 2.47 bits per heavy atom. The van der Waals surface area contributed by atoms with E-state index in [1.54, 1.807) is 13.8 Å². The third kappa shape index (κ3) is 3.23. The minimum atomic E-state index is -0.607. The molecule has 6 heteroatoms. The van der Waals surface area contributed by atoms with E-state index in [0.717, 1.165) is 0 Å². The van der Waals surface area contributed by atoms with Crippen molar-refractivity contribution in [3.8, 4) is 0 Å². The van der Waals surface area contributed by atoms with E-state index in [9.17, 15) is 4.79 Å². The molecule has 0 N–H and O–H groups in total. The maximum absolute atomic E-state index is 11.5. The lowest BCUT2D eigenvalue weighted by atomic mass is 10.3. The molecule has 0 aliphatic heterocycles. The van der Waals surface area contributed by atoms with Gasteiger partial charge in [0.2, 0.25) is 0 Å². The normalized spacial score (nSPS) is 10.5. The fraction of sp³-hybridized carbons (Fsp3) is 0.333. The zero-order valence-electron chi connectivity index (χ0n) is 8.05. The van der Waals surface area contributed by atoms with Gasteiger partial charge in [-0.25, -0.2) is 9.78 Å². The maximum atomic E-state index is 11.5. The lowest BCUT2D eigenvalue weighted by molar-refractivity contribution is 0.0378. The summed E-state index contributed by atoms with van der Waals surface area (Å²) in [6.07, 6.45) is -0.250. The first-order chi connectivity index (χ1) is 6.91. The molecule has 1 rings (SSSR count). The van der Waals surface area contributed by atoms with Crippen LogP contribution >= 0.6 is 34.8 Å². The second-order valence-corrected chi connectivity index (χ2v) is 4.20. The van der Waals surface area contributed by atoms with Gasteiger partial charge in [0.1, 0.15) is 15.9 Å². The standard InChI is InChI=1S/C9H8Cl3NO2/c1-4(2)15-9(14)7-5(10)3-6(11)13-8(7)12/h3-4H,1-2H3. The molecule has 0 aliphatic carbocycles. The van der Waals surface area contributed by atoms with E-state index in [-0.39, 0.29) is 27.0 Å². The largest absolute Gasteiger partial charge is 0.459 e. The van der Waals surface area contributed by atoms with Gasteiger partial charge in [-0.3, -0.25) is 0 Å². The molecule has 15 heavy (non-hydrogen) atoms. The lowest BCUT2D eigenvalue weighted by Gasteiger charge is -2.09. The van der Waals surface area contributed by atoms with Crippen LogP contribution in [-0.2, 0) is 4.74 Å². The van der Waals surface area contributed by atoms with Crippen LogP contribution < -0.4 is 0 Å². The van der Waals surface area contributed by atoms with Crippen LogP contribution in [0.4, 0.5) is 0 Å². The van der Waals surface area contributed by atoms with Crippen molar-refractivity contribution in [3.63, 3.8) is 0 Å². The summed E-state index contributed by atoms with van der Waals surface area (Å²) < 4.78 is 4.95. The highest BCUT2D eigenvalue weighted by Gasteiger charge is 2.19. The van der Waals surface area contributed by atoms with Gasteiger partial charge in [-0.05, 0) is 19.9 Å². The molecule has 1 heterocycles. The summed E-state index contributed by atoms with van der Waals surface area (Å²) in [7, 11) is 0. The molecule has 0 aliphatic rings. The molecule has 1 aromatic rings. The first kappa shape index (κ1) is 12.6. The maximum Gasteiger partial charge on any atom is 0.343 e. The Balaban J connectivity index is 3.09. The Labute approximate surface area is 102 Å². The molecule has 1 aromatic heterocycles. The molecular weight excluding hydrogens is 260 g/mol. The van der Waals surface area contributed by atoms with E-state index in [1.807, 2.05) is 0 Å². The van der Waals surface area contributed by atoms with Crippen LogP contribution in [-0.4, -0.2) is 17.1 Å². The van der Waals surface area contributed by atoms with Gasteiger partial charge in [0.15, 0.2) is 0 Å². The van der Waals surface area contributed by atoms with Gasteiger partial charge in [-0.2, -0.15) is 0 Å². The number of aromatic nitrogens is 1. The van der Waals surface area contributed by atoms with Gasteiger partial charge in [0.05, 0.1) is 11.1 Å². The fourth-order valence-electron chi connectivity index (χ4n) is 0.912. The van der Waals surface area contributed by atoms with E-state index in [0.29, 0.717) is 0 Å². The predicted molar refractivity (Wildman–Crippen MR) is 59.8 cm³/mol. The zero-order chi connectivity index (χ0) is 11.6. The van der Waals surface area contributed by atoms with Crippen molar-refractivity contribution < 1.29 is 9.53 Å². The van der Waals surface area contributed by atoms with Crippen LogP contribution in [0.25, 0.3) is 0 Å². The Bertz CT molecular complexity index is 370. The van der Waals surface area contributed by atoms with Crippen LogP contribution in [0.5, 0.6) is 0 Å². The smallest absolute Gasteiger partial charge is 0.343 e. The van der Waals surface area contributed by atoms with E-state index in [1.165, 1.54) is 6.07 Å². The highest BCUT2D eigenvalue weighted by molar-refractivity contribution is 6.40. The number of pyridine rings is 1. The first-order valence-corrected chi connectivity index (χ1v) is 5.27. The molecule has 0 unspecified atom stereocenters. The third-order valence-electron chi connectivity index (χ3n) is 1.44. The minimum absolute atomic E-state index is 0.0384. The summed E-state index contributed by atoms with van der Waals surface area (Å²) in [6.45, 7) is 3.45. The van der Waals surface area contributed by atoms with Gasteiger partial charge in [-0.1, -0.05) is 34.8 Å². The molecule has 0 amide bonds. The average molecular weight is 269 g/mol. The lowest BCUT2D eigenvalue weighted by Crippen LogP contribution is -2.13. The summed E-state index contributed by atoms with van der Waals surface area (Å²) >= 11 is 17.1. The first-order valence-electron chi connectivity index (χ1n) is 4.14. The van der Waals surface area contributed by atoms with Crippen molar-refractivity contribution in [3.05, 3.63) is 27.0 Å². The van der Waals surface area contributed by atoms with E-state index >= 15 is 0 Å². The van der Waals surface area contributed by atoms with Crippen LogP contribution in [0, 0.1) is 0 Å². The SMILES string of the molecule is CC(C)OC(=O)c1c(Cl)cc(Cl)nc1Cl. The molecule has 0 radical (unpaired) electrons. The average Bonchev–Trinajstić information content (AvgIpc) is 1.99. The highest BCUT2D eigenvalue weighted by atomic mass is 35.5. The minimum Gasteiger partial charge on any atom is -0.459 e. The molecular formula is C9H8Cl3NO2. The van der Waals surface area contributed by atoms with Crippen molar-refractivity contribution >= 4 is 40.8 Å². The second-order valence-electron chi connectivity index (χ2n) is 3.05. The number of rotatable bonds is 2. The zero-order valence-corrected chi connectivity index (χ0v) is 10.3. The second kappa shape index (κ2) is 5.01. The predicted octanol–water partition coefficient (Wildman–Crippen LogP) is 3.61. The van der Waals surface area contributed by atoms with Crippen LogP contribution in [0.1, 0.15) is 24.2 Å². The molecule has 0 atom stereocenters. The quantitative estimate of drug-likeness (QED) is 0.607. The number of hydrogen-bond donors (Lipinski definition) is 0. The highest BCUT2D eigenvalue weighted by Crippen LogP contribution is 2.26. The van der Waals surface area contributed by atoms with Gasteiger partial charge < -0.3 is 4.74 Å². The van der Waals surface area contributed by atoms with Gasteiger partial charge in [0.25, 0.3) is 0 Å². The van der Waals surface area contributed by atoms with Crippen molar-refractivity contribution in [2.45, 2.75) is 20.0 Å². The number of halogens is 3. The Morgan fingerprint density at radius 2 is 2.00 bits per heavy atom. The Hall–Kier alpha value is -0.510. The van der Waals surface area contributed by atoms with Crippen molar-refractivity contribution in [2.24, 2.45) is 0 Å².